The third-order valence-corrected chi connectivity index (χ3v) is 5.13. The van der Waals surface area contributed by atoms with E-state index >= 15 is 0 Å². The van der Waals surface area contributed by atoms with Crippen LogP contribution in [0.5, 0.6) is 0 Å². The normalized spacial score (nSPS) is 10.8. The molecule has 0 aliphatic carbocycles. The van der Waals surface area contributed by atoms with Crippen molar-refractivity contribution in [2.75, 3.05) is 16.0 Å². The second-order valence-electron chi connectivity index (χ2n) is 9.18. The van der Waals surface area contributed by atoms with Crippen LogP contribution in [0.15, 0.2) is 66.7 Å². The lowest BCUT2D eigenvalue weighted by atomic mass is 9.95. The topological polar surface area (TPSA) is 162 Å². The van der Waals surface area contributed by atoms with Gasteiger partial charge >= 0.3 is 11.9 Å². The molecule has 0 bridgehead atoms. The summed E-state index contributed by atoms with van der Waals surface area (Å²) in [5.74, 6) is -3.95. The number of carbonyl (C=O) groups excluding carboxylic acids is 3. The van der Waals surface area contributed by atoms with E-state index in [1.54, 1.807) is 20.8 Å². The van der Waals surface area contributed by atoms with Gasteiger partial charge in [0.05, 0.1) is 11.1 Å². The van der Waals surface area contributed by atoms with Crippen molar-refractivity contribution in [2.24, 2.45) is 5.41 Å². The van der Waals surface area contributed by atoms with E-state index in [0.717, 1.165) is 0 Å². The summed E-state index contributed by atoms with van der Waals surface area (Å²) >= 11 is 0. The Bertz CT molecular complexity index is 1320. The monoisotopic (exact) mass is 503 g/mol. The number of rotatable bonds is 7. The highest BCUT2D eigenvalue weighted by molar-refractivity contribution is 6.11. The highest BCUT2D eigenvalue weighted by Gasteiger charge is 2.23. The summed E-state index contributed by atoms with van der Waals surface area (Å²) in [5.41, 5.74) is -0.101. The first-order valence-corrected chi connectivity index (χ1v) is 11.1. The van der Waals surface area contributed by atoms with Gasteiger partial charge in [-0.15, -0.1) is 0 Å². The molecule has 0 aliphatic heterocycles. The highest BCUT2D eigenvalue weighted by atomic mass is 16.4. The first kappa shape index (κ1) is 26.6. The van der Waals surface area contributed by atoms with Gasteiger partial charge in [0, 0.05) is 33.6 Å². The van der Waals surface area contributed by atoms with Crippen LogP contribution in [0.3, 0.4) is 0 Å². The molecule has 37 heavy (non-hydrogen) atoms. The highest BCUT2D eigenvalue weighted by Crippen LogP contribution is 2.22. The number of carboxylic acid groups (broad SMARTS) is 2. The number of hydrogen-bond donors (Lipinski definition) is 5. The molecule has 3 aromatic carbocycles. The molecule has 10 heteroatoms. The van der Waals surface area contributed by atoms with E-state index < -0.39 is 29.2 Å². The lowest BCUT2D eigenvalue weighted by molar-refractivity contribution is -0.123. The smallest absolute Gasteiger partial charge is 0.335 e. The van der Waals surface area contributed by atoms with Gasteiger partial charge in [0.2, 0.25) is 5.91 Å². The van der Waals surface area contributed by atoms with Gasteiger partial charge in [-0.3, -0.25) is 14.4 Å². The van der Waals surface area contributed by atoms with Crippen LogP contribution in [-0.2, 0) is 4.79 Å². The van der Waals surface area contributed by atoms with E-state index in [1.165, 1.54) is 66.7 Å². The van der Waals surface area contributed by atoms with Crippen LogP contribution >= 0.6 is 0 Å². The third kappa shape index (κ3) is 7.01. The molecule has 0 aromatic heterocycles. The van der Waals surface area contributed by atoms with Crippen LogP contribution in [-0.4, -0.2) is 39.9 Å². The van der Waals surface area contributed by atoms with Gasteiger partial charge in [-0.1, -0.05) is 32.9 Å². The zero-order valence-electron chi connectivity index (χ0n) is 20.3. The van der Waals surface area contributed by atoms with Gasteiger partial charge in [-0.05, 0) is 54.6 Å². The number of aromatic carboxylic acids is 2. The van der Waals surface area contributed by atoms with Crippen molar-refractivity contribution in [2.45, 2.75) is 20.8 Å². The maximum absolute atomic E-state index is 13.0. The van der Waals surface area contributed by atoms with Crippen molar-refractivity contribution in [3.63, 3.8) is 0 Å². The zero-order chi connectivity index (χ0) is 27.3. The average Bonchev–Trinajstić information content (AvgIpc) is 2.83. The largest absolute Gasteiger partial charge is 0.478 e. The summed E-state index contributed by atoms with van der Waals surface area (Å²) in [6.07, 6.45) is 0. The SMILES string of the molecule is CC(C)(C)C(=O)Nc1cc(C(=O)Nc2cccc(C(=O)O)c2)cc(C(=O)Nc2cccc(C(=O)O)c2)c1. The van der Waals surface area contributed by atoms with Gasteiger partial charge in [0.1, 0.15) is 0 Å². The quantitative estimate of drug-likeness (QED) is 0.315. The van der Waals surface area contributed by atoms with E-state index in [2.05, 4.69) is 16.0 Å². The first-order valence-electron chi connectivity index (χ1n) is 11.1. The summed E-state index contributed by atoms with van der Waals surface area (Å²) in [6, 6.07) is 15.4. The van der Waals surface area contributed by atoms with Crippen LogP contribution in [0.25, 0.3) is 0 Å². The minimum atomic E-state index is -1.16. The fourth-order valence-corrected chi connectivity index (χ4v) is 3.15. The Hall–Kier alpha value is -4.99. The predicted molar refractivity (Wildman–Crippen MR) is 137 cm³/mol. The van der Waals surface area contributed by atoms with Crippen LogP contribution in [0.1, 0.15) is 62.2 Å². The minimum absolute atomic E-state index is 0.0207. The second kappa shape index (κ2) is 10.7. The maximum Gasteiger partial charge on any atom is 0.335 e. The molecule has 3 aromatic rings. The fourth-order valence-electron chi connectivity index (χ4n) is 3.15. The Kier molecular flexibility index (Phi) is 7.72. The van der Waals surface area contributed by atoms with Crippen molar-refractivity contribution in [1.82, 2.24) is 0 Å². The number of hydrogen-bond acceptors (Lipinski definition) is 5. The van der Waals surface area contributed by atoms with Gasteiger partial charge in [-0.25, -0.2) is 9.59 Å². The van der Waals surface area contributed by atoms with E-state index in [1.807, 2.05) is 0 Å². The second-order valence-corrected chi connectivity index (χ2v) is 9.18. The maximum atomic E-state index is 13.0. The van der Waals surface area contributed by atoms with Crippen LogP contribution in [0.2, 0.25) is 0 Å². The Morgan fingerprint density at radius 3 is 1.35 bits per heavy atom. The van der Waals surface area contributed by atoms with Crippen LogP contribution in [0, 0.1) is 5.41 Å². The molecule has 0 atom stereocenters. The first-order chi connectivity index (χ1) is 17.3. The molecule has 190 valence electrons. The predicted octanol–water partition coefficient (Wildman–Crippen LogP) is 4.57. The molecule has 0 spiro atoms. The van der Waals surface area contributed by atoms with Crippen molar-refractivity contribution in [1.29, 1.82) is 0 Å². The summed E-state index contributed by atoms with van der Waals surface area (Å²) in [6.45, 7) is 5.12. The van der Waals surface area contributed by atoms with E-state index in [-0.39, 0.29) is 45.2 Å². The summed E-state index contributed by atoms with van der Waals surface area (Å²) in [7, 11) is 0. The number of carboxylic acids is 2. The molecule has 0 saturated carbocycles. The van der Waals surface area contributed by atoms with E-state index in [9.17, 15) is 34.2 Å². The third-order valence-electron chi connectivity index (χ3n) is 5.13. The van der Waals surface area contributed by atoms with Gasteiger partial charge in [-0.2, -0.15) is 0 Å². The summed E-state index contributed by atoms with van der Waals surface area (Å²) < 4.78 is 0. The Morgan fingerprint density at radius 1 is 0.568 bits per heavy atom. The molecule has 0 radical (unpaired) electrons. The average molecular weight is 504 g/mol. The summed E-state index contributed by atoms with van der Waals surface area (Å²) in [4.78, 5) is 61.1. The lowest BCUT2D eigenvalue weighted by Gasteiger charge is -2.19. The fraction of sp³-hybridized carbons (Fsp3) is 0.148. The number of nitrogens with one attached hydrogen (secondary N) is 3. The molecule has 0 aliphatic rings. The van der Waals surface area contributed by atoms with E-state index in [0.29, 0.717) is 0 Å². The van der Waals surface area contributed by atoms with Crippen molar-refractivity contribution in [3.05, 3.63) is 89.0 Å². The van der Waals surface area contributed by atoms with E-state index in [4.69, 9.17) is 0 Å². The molecule has 3 rings (SSSR count). The molecule has 0 fully saturated rings. The van der Waals surface area contributed by atoms with Crippen LogP contribution < -0.4 is 16.0 Å². The minimum Gasteiger partial charge on any atom is -0.478 e. The molecule has 0 heterocycles. The molecule has 3 amide bonds. The number of benzene rings is 3. The molecule has 0 unspecified atom stereocenters. The number of carbonyl (C=O) groups is 5. The zero-order valence-corrected chi connectivity index (χ0v) is 20.3. The molecule has 0 saturated heterocycles. The molecule has 10 nitrogen and oxygen atoms in total. The molecular formula is C27H25N3O7. The van der Waals surface area contributed by atoms with Crippen molar-refractivity contribution in [3.8, 4) is 0 Å². The van der Waals surface area contributed by atoms with Crippen LogP contribution in [0.4, 0.5) is 17.1 Å². The standard InChI is InChI=1S/C27H25N3O7/c1-27(2,3)26(37)30-21-13-17(22(31)28-19-8-4-6-15(11-19)24(33)34)10-18(14-21)23(32)29-20-9-5-7-16(12-20)25(35)36/h4-14H,1-3H3,(H,28,31)(H,29,32)(H,30,37)(H,33,34)(H,35,36). The Labute approximate surface area is 212 Å². The number of anilines is 3. The lowest BCUT2D eigenvalue weighted by Crippen LogP contribution is -2.28. The van der Waals surface area contributed by atoms with Gasteiger partial charge < -0.3 is 26.2 Å². The number of amides is 3. The van der Waals surface area contributed by atoms with Gasteiger partial charge in [0.15, 0.2) is 0 Å². The summed E-state index contributed by atoms with van der Waals surface area (Å²) in [5, 5.41) is 26.2. The Balaban J connectivity index is 1.95. The van der Waals surface area contributed by atoms with Crippen molar-refractivity contribution < 1.29 is 34.2 Å². The molecular weight excluding hydrogens is 478 g/mol. The van der Waals surface area contributed by atoms with Crippen molar-refractivity contribution >= 4 is 46.7 Å². The molecule has 5 N–H and O–H groups in total. The van der Waals surface area contributed by atoms with Gasteiger partial charge in [0.25, 0.3) is 11.8 Å². The Morgan fingerprint density at radius 2 is 0.973 bits per heavy atom.